The van der Waals surface area contributed by atoms with Crippen molar-refractivity contribution in [3.8, 4) is 0 Å². The molecule has 0 aliphatic rings. The molecular formula is C22H35N5O. The van der Waals surface area contributed by atoms with Gasteiger partial charge in [-0.1, -0.05) is 26.0 Å². The lowest BCUT2D eigenvalue weighted by Crippen LogP contribution is -2.28. The molecule has 6 nitrogen and oxygen atoms in total. The molecule has 0 atom stereocenters. The van der Waals surface area contributed by atoms with E-state index in [2.05, 4.69) is 39.3 Å². The Morgan fingerprint density at radius 3 is 2.43 bits per heavy atom. The van der Waals surface area contributed by atoms with Crippen molar-refractivity contribution in [1.82, 2.24) is 25.5 Å². The van der Waals surface area contributed by atoms with Gasteiger partial charge in [-0.05, 0) is 63.0 Å². The van der Waals surface area contributed by atoms with Crippen LogP contribution in [0.15, 0.2) is 36.7 Å². The largest absolute Gasteiger partial charge is 0.352 e. The lowest BCUT2D eigenvalue weighted by molar-refractivity contribution is 0.0952. The van der Waals surface area contributed by atoms with E-state index in [4.69, 9.17) is 0 Å². The molecule has 1 aromatic carbocycles. The highest BCUT2D eigenvalue weighted by Gasteiger charge is 2.06. The maximum atomic E-state index is 12.3. The summed E-state index contributed by atoms with van der Waals surface area (Å²) in [5.74, 6) is 0.928. The summed E-state index contributed by atoms with van der Waals surface area (Å²) in [5, 5.41) is 6.36. The van der Waals surface area contributed by atoms with Crippen LogP contribution in [0.1, 0.15) is 61.3 Å². The number of hydrogen-bond acceptors (Lipinski definition) is 4. The Morgan fingerprint density at radius 2 is 1.79 bits per heavy atom. The van der Waals surface area contributed by atoms with E-state index >= 15 is 0 Å². The second kappa shape index (κ2) is 13.1. The molecule has 28 heavy (non-hydrogen) atoms. The van der Waals surface area contributed by atoms with E-state index < -0.39 is 0 Å². The molecule has 0 fully saturated rings. The van der Waals surface area contributed by atoms with Crippen LogP contribution in [0.2, 0.25) is 0 Å². The SMILES string of the molecule is CCCN(CCC)CCCCNC(=O)c1ccc(CNCc2ncc[nH]2)cc1. The highest BCUT2D eigenvalue weighted by atomic mass is 16.1. The van der Waals surface area contributed by atoms with Crippen molar-refractivity contribution in [3.63, 3.8) is 0 Å². The average molecular weight is 386 g/mol. The van der Waals surface area contributed by atoms with Crippen LogP contribution in [-0.2, 0) is 13.1 Å². The number of nitrogens with zero attached hydrogens (tertiary/aromatic N) is 2. The van der Waals surface area contributed by atoms with Crippen LogP contribution in [0, 0.1) is 0 Å². The predicted octanol–water partition coefficient (Wildman–Crippen LogP) is 3.33. The first kappa shape index (κ1) is 22.1. The fourth-order valence-electron chi connectivity index (χ4n) is 3.23. The number of H-pyrrole nitrogens is 1. The van der Waals surface area contributed by atoms with Crippen LogP contribution in [0.25, 0.3) is 0 Å². The van der Waals surface area contributed by atoms with Crippen molar-refractivity contribution in [2.45, 2.75) is 52.6 Å². The first-order valence-electron chi connectivity index (χ1n) is 10.5. The van der Waals surface area contributed by atoms with Gasteiger partial charge in [0.2, 0.25) is 0 Å². The number of carbonyl (C=O) groups is 1. The van der Waals surface area contributed by atoms with Crippen molar-refractivity contribution in [1.29, 1.82) is 0 Å². The van der Waals surface area contributed by atoms with Crippen LogP contribution in [0.5, 0.6) is 0 Å². The van der Waals surface area contributed by atoms with E-state index in [9.17, 15) is 4.79 Å². The second-order valence-electron chi connectivity index (χ2n) is 7.14. The van der Waals surface area contributed by atoms with E-state index in [1.165, 1.54) is 25.9 Å². The standard InChI is InChI=1S/C22H35N5O/c1-3-14-27(15-4-2)16-6-5-11-26-22(28)20-9-7-19(8-10-20)17-23-18-21-24-12-13-25-21/h7-10,12-13,23H,3-6,11,14-18H2,1-2H3,(H,24,25)(H,26,28). The fourth-order valence-corrected chi connectivity index (χ4v) is 3.23. The summed E-state index contributed by atoms with van der Waals surface area (Å²) in [6.07, 6.45) is 8.11. The van der Waals surface area contributed by atoms with E-state index in [0.29, 0.717) is 12.1 Å². The average Bonchev–Trinajstić information content (AvgIpc) is 3.22. The fraction of sp³-hybridized carbons (Fsp3) is 0.545. The Morgan fingerprint density at radius 1 is 1.04 bits per heavy atom. The number of hydrogen-bond donors (Lipinski definition) is 3. The van der Waals surface area contributed by atoms with Crippen LogP contribution in [0.4, 0.5) is 0 Å². The molecule has 2 rings (SSSR count). The number of rotatable bonds is 14. The zero-order valence-corrected chi connectivity index (χ0v) is 17.3. The molecule has 1 amide bonds. The number of carbonyl (C=O) groups excluding carboxylic acids is 1. The third-order valence-corrected chi connectivity index (χ3v) is 4.66. The molecule has 1 aromatic heterocycles. The van der Waals surface area contributed by atoms with Crippen molar-refractivity contribution < 1.29 is 4.79 Å². The molecule has 0 spiro atoms. The molecule has 0 saturated heterocycles. The minimum Gasteiger partial charge on any atom is -0.352 e. The quantitative estimate of drug-likeness (QED) is 0.436. The Balaban J connectivity index is 1.62. The molecule has 0 unspecified atom stereocenters. The molecule has 0 saturated carbocycles. The summed E-state index contributed by atoms with van der Waals surface area (Å²) in [4.78, 5) is 22.0. The van der Waals surface area contributed by atoms with Gasteiger partial charge in [-0.3, -0.25) is 4.79 Å². The van der Waals surface area contributed by atoms with Crippen LogP contribution in [-0.4, -0.2) is 47.0 Å². The zero-order valence-electron chi connectivity index (χ0n) is 17.3. The predicted molar refractivity (Wildman–Crippen MR) is 114 cm³/mol. The maximum Gasteiger partial charge on any atom is 0.251 e. The number of aromatic nitrogens is 2. The summed E-state index contributed by atoms with van der Waals surface area (Å²) in [6.45, 7) is 10.1. The van der Waals surface area contributed by atoms with Gasteiger partial charge in [-0.15, -0.1) is 0 Å². The van der Waals surface area contributed by atoms with Gasteiger partial charge in [0.05, 0.1) is 6.54 Å². The lowest BCUT2D eigenvalue weighted by atomic mass is 10.1. The third-order valence-electron chi connectivity index (χ3n) is 4.66. The number of nitrogens with one attached hydrogen (secondary N) is 3. The van der Waals surface area contributed by atoms with Crippen LogP contribution < -0.4 is 10.6 Å². The van der Waals surface area contributed by atoms with Crippen molar-refractivity contribution >= 4 is 5.91 Å². The molecule has 0 aliphatic carbocycles. The van der Waals surface area contributed by atoms with E-state index in [0.717, 1.165) is 43.9 Å². The molecule has 0 radical (unpaired) electrons. The molecular weight excluding hydrogens is 350 g/mol. The Kier molecular flexibility index (Phi) is 10.3. The minimum absolute atomic E-state index is 0.00840. The second-order valence-corrected chi connectivity index (χ2v) is 7.14. The number of benzene rings is 1. The molecule has 154 valence electrons. The van der Waals surface area contributed by atoms with Crippen molar-refractivity contribution in [2.24, 2.45) is 0 Å². The Hall–Kier alpha value is -2.18. The Bertz CT molecular complexity index is 648. The van der Waals surface area contributed by atoms with Gasteiger partial charge in [-0.25, -0.2) is 4.98 Å². The van der Waals surface area contributed by atoms with Crippen molar-refractivity contribution in [3.05, 3.63) is 53.6 Å². The Labute approximate surface area is 169 Å². The molecule has 1 heterocycles. The first-order valence-corrected chi connectivity index (χ1v) is 10.5. The first-order chi connectivity index (χ1) is 13.7. The van der Waals surface area contributed by atoms with Gasteiger partial charge in [0.1, 0.15) is 5.82 Å². The molecule has 0 bridgehead atoms. The monoisotopic (exact) mass is 385 g/mol. The maximum absolute atomic E-state index is 12.3. The summed E-state index contributed by atoms with van der Waals surface area (Å²) >= 11 is 0. The number of imidazole rings is 1. The highest BCUT2D eigenvalue weighted by molar-refractivity contribution is 5.94. The minimum atomic E-state index is 0.00840. The van der Waals surface area contributed by atoms with Gasteiger partial charge < -0.3 is 20.5 Å². The molecule has 2 aromatic rings. The van der Waals surface area contributed by atoms with Gasteiger partial charge >= 0.3 is 0 Å². The van der Waals surface area contributed by atoms with E-state index in [1.54, 1.807) is 6.20 Å². The van der Waals surface area contributed by atoms with Gasteiger partial charge in [0.25, 0.3) is 5.91 Å². The lowest BCUT2D eigenvalue weighted by Gasteiger charge is -2.20. The number of unbranched alkanes of at least 4 members (excludes halogenated alkanes) is 1. The summed E-state index contributed by atoms with van der Waals surface area (Å²) < 4.78 is 0. The topological polar surface area (TPSA) is 73.1 Å². The third kappa shape index (κ3) is 8.23. The highest BCUT2D eigenvalue weighted by Crippen LogP contribution is 2.05. The number of aromatic amines is 1. The van der Waals surface area contributed by atoms with Gasteiger partial charge in [0.15, 0.2) is 0 Å². The summed E-state index contributed by atoms with van der Waals surface area (Å²) in [6, 6.07) is 7.78. The van der Waals surface area contributed by atoms with E-state index in [1.807, 2.05) is 30.5 Å². The molecule has 3 N–H and O–H groups in total. The van der Waals surface area contributed by atoms with E-state index in [-0.39, 0.29) is 5.91 Å². The summed E-state index contributed by atoms with van der Waals surface area (Å²) in [7, 11) is 0. The van der Waals surface area contributed by atoms with Crippen LogP contribution in [0.3, 0.4) is 0 Å². The van der Waals surface area contributed by atoms with Gasteiger partial charge in [0, 0.05) is 31.0 Å². The normalized spacial score (nSPS) is 11.1. The van der Waals surface area contributed by atoms with Crippen LogP contribution >= 0.6 is 0 Å². The zero-order chi connectivity index (χ0) is 20.0. The van der Waals surface area contributed by atoms with Gasteiger partial charge in [-0.2, -0.15) is 0 Å². The molecule has 6 heteroatoms. The smallest absolute Gasteiger partial charge is 0.251 e. The van der Waals surface area contributed by atoms with Crippen molar-refractivity contribution in [2.75, 3.05) is 26.2 Å². The molecule has 0 aliphatic heterocycles. The summed E-state index contributed by atoms with van der Waals surface area (Å²) in [5.41, 5.74) is 1.86. The number of amides is 1.